The van der Waals surface area contributed by atoms with Gasteiger partial charge in [0.2, 0.25) is 0 Å². The van der Waals surface area contributed by atoms with E-state index in [0.717, 1.165) is 5.69 Å². The number of nitrogens with zero attached hydrogens (tertiary/aromatic N) is 4. The topological polar surface area (TPSA) is 98.6 Å². The zero-order valence-corrected chi connectivity index (χ0v) is 16.8. The van der Waals surface area contributed by atoms with E-state index in [-0.39, 0.29) is 13.1 Å². The van der Waals surface area contributed by atoms with Crippen LogP contribution in [-0.4, -0.2) is 53.0 Å². The molecular weight excluding hydrogens is 413 g/mol. The molecule has 0 spiro atoms. The molecule has 1 atom stereocenters. The molecule has 0 unspecified atom stereocenters. The van der Waals surface area contributed by atoms with Crippen LogP contribution in [-0.2, 0) is 16.0 Å². The van der Waals surface area contributed by atoms with Gasteiger partial charge in [-0.2, -0.15) is 0 Å². The summed E-state index contributed by atoms with van der Waals surface area (Å²) in [5.74, 6) is -0.486. The SMILES string of the molecule is COC(=O)NC[C@H]1CN(c2ccc(-c3nc(Cn4ccnc4)cs3)c(F)c2)C(=O)O1. The number of hydrogen-bond donors (Lipinski definition) is 1. The van der Waals surface area contributed by atoms with E-state index in [4.69, 9.17) is 4.74 Å². The van der Waals surface area contributed by atoms with E-state index < -0.39 is 24.1 Å². The lowest BCUT2D eigenvalue weighted by Crippen LogP contribution is -2.34. The number of methoxy groups -OCH3 is 1. The minimum atomic E-state index is -0.615. The van der Waals surface area contributed by atoms with Crippen molar-refractivity contribution in [1.82, 2.24) is 19.9 Å². The number of alkyl carbamates (subject to hydrolysis) is 1. The van der Waals surface area contributed by atoms with Crippen LogP contribution < -0.4 is 10.2 Å². The fourth-order valence-corrected chi connectivity index (χ4v) is 3.86. The molecule has 2 aromatic heterocycles. The predicted molar refractivity (Wildman–Crippen MR) is 107 cm³/mol. The summed E-state index contributed by atoms with van der Waals surface area (Å²) in [5, 5.41) is 4.90. The minimum Gasteiger partial charge on any atom is -0.453 e. The Morgan fingerprint density at radius 3 is 3.07 bits per heavy atom. The van der Waals surface area contributed by atoms with Gasteiger partial charge in [-0.05, 0) is 18.2 Å². The molecule has 4 rings (SSSR count). The third-order valence-corrected chi connectivity index (χ3v) is 5.41. The second-order valence-electron chi connectivity index (χ2n) is 6.53. The number of amides is 2. The molecule has 2 amide bonds. The molecule has 156 valence electrons. The fourth-order valence-electron chi connectivity index (χ4n) is 3.02. The average Bonchev–Trinajstić information content (AvgIpc) is 3.48. The Morgan fingerprint density at radius 2 is 2.33 bits per heavy atom. The lowest BCUT2D eigenvalue weighted by Gasteiger charge is -2.14. The van der Waals surface area contributed by atoms with Gasteiger partial charge in [-0.25, -0.2) is 23.9 Å². The molecule has 11 heteroatoms. The van der Waals surface area contributed by atoms with Crippen LogP contribution in [0.1, 0.15) is 5.69 Å². The van der Waals surface area contributed by atoms with Crippen molar-refractivity contribution in [3.05, 3.63) is 53.8 Å². The van der Waals surface area contributed by atoms with Crippen molar-refractivity contribution in [2.45, 2.75) is 12.6 Å². The van der Waals surface area contributed by atoms with E-state index in [0.29, 0.717) is 22.8 Å². The predicted octanol–water partition coefficient (Wildman–Crippen LogP) is 2.88. The van der Waals surface area contributed by atoms with Crippen LogP contribution in [0.25, 0.3) is 10.6 Å². The molecule has 30 heavy (non-hydrogen) atoms. The maximum atomic E-state index is 14.8. The first-order valence-electron chi connectivity index (χ1n) is 9.03. The van der Waals surface area contributed by atoms with Crippen molar-refractivity contribution >= 4 is 29.2 Å². The van der Waals surface area contributed by atoms with E-state index in [1.165, 1.54) is 29.4 Å². The molecule has 3 heterocycles. The molecule has 1 aliphatic rings. The van der Waals surface area contributed by atoms with Crippen LogP contribution in [0.5, 0.6) is 0 Å². The molecule has 1 saturated heterocycles. The largest absolute Gasteiger partial charge is 0.453 e. The molecule has 3 aromatic rings. The van der Waals surface area contributed by atoms with E-state index in [1.54, 1.807) is 24.7 Å². The van der Waals surface area contributed by atoms with Crippen LogP contribution in [0.3, 0.4) is 0 Å². The summed E-state index contributed by atoms with van der Waals surface area (Å²) in [6, 6.07) is 4.52. The zero-order valence-electron chi connectivity index (χ0n) is 15.9. The highest BCUT2D eigenvalue weighted by molar-refractivity contribution is 7.13. The smallest absolute Gasteiger partial charge is 0.414 e. The summed E-state index contributed by atoms with van der Waals surface area (Å²) in [5.41, 5.74) is 1.54. The van der Waals surface area contributed by atoms with Crippen molar-refractivity contribution in [1.29, 1.82) is 0 Å². The first-order valence-corrected chi connectivity index (χ1v) is 9.91. The Labute approximate surface area is 175 Å². The minimum absolute atomic E-state index is 0.105. The molecule has 1 aliphatic heterocycles. The van der Waals surface area contributed by atoms with Gasteiger partial charge in [-0.3, -0.25) is 4.90 Å². The van der Waals surface area contributed by atoms with Gasteiger partial charge in [0.1, 0.15) is 16.9 Å². The van der Waals surface area contributed by atoms with Gasteiger partial charge in [0.25, 0.3) is 0 Å². The van der Waals surface area contributed by atoms with Crippen molar-refractivity contribution in [3.8, 4) is 10.6 Å². The number of cyclic esters (lactones) is 1. The third-order valence-electron chi connectivity index (χ3n) is 4.48. The van der Waals surface area contributed by atoms with Gasteiger partial charge in [0, 0.05) is 23.3 Å². The quantitative estimate of drug-likeness (QED) is 0.645. The number of hydrogen-bond acceptors (Lipinski definition) is 7. The van der Waals surface area contributed by atoms with E-state index in [9.17, 15) is 14.0 Å². The Kier molecular flexibility index (Phi) is 5.61. The molecule has 0 radical (unpaired) electrons. The molecule has 0 saturated carbocycles. The van der Waals surface area contributed by atoms with E-state index >= 15 is 0 Å². The normalized spacial score (nSPS) is 15.9. The summed E-state index contributed by atoms with van der Waals surface area (Å²) >= 11 is 1.35. The second kappa shape index (κ2) is 8.49. The van der Waals surface area contributed by atoms with Crippen LogP contribution in [0.4, 0.5) is 19.7 Å². The molecular formula is C19H18FN5O4S. The van der Waals surface area contributed by atoms with Crippen LogP contribution in [0.2, 0.25) is 0 Å². The highest BCUT2D eigenvalue weighted by Crippen LogP contribution is 2.31. The van der Waals surface area contributed by atoms with Crippen molar-refractivity contribution < 1.29 is 23.5 Å². The number of anilines is 1. The molecule has 1 fully saturated rings. The maximum absolute atomic E-state index is 14.8. The maximum Gasteiger partial charge on any atom is 0.414 e. The first kappa shape index (κ1) is 19.8. The van der Waals surface area contributed by atoms with Gasteiger partial charge in [-0.15, -0.1) is 11.3 Å². The number of rotatable bonds is 6. The van der Waals surface area contributed by atoms with Gasteiger partial charge in [-0.1, -0.05) is 0 Å². The zero-order chi connectivity index (χ0) is 21.1. The Morgan fingerprint density at radius 1 is 1.47 bits per heavy atom. The average molecular weight is 431 g/mol. The van der Waals surface area contributed by atoms with Crippen molar-refractivity contribution in [2.24, 2.45) is 0 Å². The van der Waals surface area contributed by atoms with Gasteiger partial charge < -0.3 is 19.4 Å². The highest BCUT2D eigenvalue weighted by Gasteiger charge is 2.33. The third kappa shape index (κ3) is 4.25. The fraction of sp³-hybridized carbons (Fsp3) is 0.263. The first-order chi connectivity index (χ1) is 14.5. The van der Waals surface area contributed by atoms with Crippen molar-refractivity contribution in [2.75, 3.05) is 25.1 Å². The highest BCUT2D eigenvalue weighted by atomic mass is 32.1. The number of carbonyl (C=O) groups is 2. The van der Waals surface area contributed by atoms with Gasteiger partial charge >= 0.3 is 12.2 Å². The summed E-state index contributed by atoms with van der Waals surface area (Å²) in [6.07, 6.45) is 3.44. The Balaban J connectivity index is 1.45. The van der Waals surface area contributed by atoms with Gasteiger partial charge in [0.15, 0.2) is 0 Å². The number of nitrogens with one attached hydrogen (secondary N) is 1. The standard InChI is InChI=1S/C19H18FN5O4S/c1-28-18(26)22-7-14-9-25(19(27)29-14)13-2-3-15(16(20)6-13)17-23-12(10-30-17)8-24-5-4-21-11-24/h2-6,10-11,14H,7-9H2,1H3,(H,22,26)/t14-/m0/s1. The number of aromatic nitrogens is 3. The molecule has 0 bridgehead atoms. The molecule has 9 nitrogen and oxygen atoms in total. The summed E-state index contributed by atoms with van der Waals surface area (Å²) in [6.45, 7) is 0.846. The van der Waals surface area contributed by atoms with Crippen LogP contribution in [0, 0.1) is 5.82 Å². The summed E-state index contributed by atoms with van der Waals surface area (Å²) in [7, 11) is 1.25. The number of benzene rings is 1. The monoisotopic (exact) mass is 431 g/mol. The molecule has 0 aliphatic carbocycles. The summed E-state index contributed by atoms with van der Waals surface area (Å²) < 4.78 is 26.4. The van der Waals surface area contributed by atoms with E-state index in [2.05, 4.69) is 20.0 Å². The van der Waals surface area contributed by atoms with Gasteiger partial charge in [0.05, 0.1) is 44.5 Å². The second-order valence-corrected chi connectivity index (χ2v) is 7.39. The Bertz CT molecular complexity index is 1060. The lowest BCUT2D eigenvalue weighted by atomic mass is 10.2. The lowest BCUT2D eigenvalue weighted by molar-refractivity contribution is 0.132. The number of imidazole rings is 1. The number of thiazole rings is 1. The summed E-state index contributed by atoms with van der Waals surface area (Å²) in [4.78, 5) is 33.1. The van der Waals surface area contributed by atoms with E-state index in [1.807, 2.05) is 16.1 Å². The molecule has 1 N–H and O–H groups in total. The number of halogens is 1. The van der Waals surface area contributed by atoms with Crippen LogP contribution in [0.15, 0.2) is 42.3 Å². The number of carbonyl (C=O) groups excluding carboxylic acids is 2. The number of ether oxygens (including phenoxy) is 2. The van der Waals surface area contributed by atoms with Crippen molar-refractivity contribution in [3.63, 3.8) is 0 Å². The molecule has 1 aromatic carbocycles. The van der Waals surface area contributed by atoms with Crippen LogP contribution >= 0.6 is 11.3 Å². The Hall–Kier alpha value is -3.47.